The molecule has 0 amide bonds. The van der Waals surface area contributed by atoms with Gasteiger partial charge in [-0.1, -0.05) is 36.4 Å². The second-order valence-corrected chi connectivity index (χ2v) is 4.20. The van der Waals surface area contributed by atoms with Crippen LogP contribution >= 0.6 is 0 Å². The maximum Gasteiger partial charge on any atom is 0.133 e. The van der Waals surface area contributed by atoms with Gasteiger partial charge in [-0.3, -0.25) is 4.99 Å². The Morgan fingerprint density at radius 1 is 1.15 bits per heavy atom. The molecule has 0 fully saturated rings. The molecule has 0 bridgehead atoms. The monoisotopic (exact) mass is 266 g/mol. The fourth-order valence-corrected chi connectivity index (χ4v) is 1.77. The summed E-state index contributed by atoms with van der Waals surface area (Å²) in [5.74, 6) is 1.66. The number of benzene rings is 2. The van der Waals surface area contributed by atoms with Crippen LogP contribution in [0.3, 0.4) is 0 Å². The zero-order valence-electron chi connectivity index (χ0n) is 11.5. The first-order chi connectivity index (χ1) is 9.83. The highest BCUT2D eigenvalue weighted by Gasteiger charge is 2.03. The lowest BCUT2D eigenvalue weighted by Gasteiger charge is -2.10. The lowest BCUT2D eigenvalue weighted by atomic mass is 10.2. The van der Waals surface area contributed by atoms with Gasteiger partial charge >= 0.3 is 0 Å². The highest BCUT2D eigenvalue weighted by molar-refractivity contribution is 6.08. The summed E-state index contributed by atoms with van der Waals surface area (Å²) in [6.07, 6.45) is 1.78. The van der Waals surface area contributed by atoms with Crippen LogP contribution < -0.4 is 10.1 Å². The van der Waals surface area contributed by atoms with Crippen molar-refractivity contribution >= 4 is 11.5 Å². The first-order valence-corrected chi connectivity index (χ1v) is 6.45. The van der Waals surface area contributed by atoms with Crippen LogP contribution in [0.1, 0.15) is 5.56 Å². The van der Waals surface area contributed by atoms with Crippen LogP contribution in [0.2, 0.25) is 0 Å². The minimum Gasteiger partial charge on any atom is -0.497 e. The summed E-state index contributed by atoms with van der Waals surface area (Å²) in [7, 11) is 1.66. The standard InChI is InChI=1S/C17H18N2O/c1-3-13-18-17(14-7-5-4-6-8-14)19-15-9-11-16(20-2)12-10-15/h3-12H,1,13H2,2H3,(H,18,19). The van der Waals surface area contributed by atoms with E-state index >= 15 is 0 Å². The molecule has 3 heteroatoms. The number of hydrogen-bond acceptors (Lipinski definition) is 2. The lowest BCUT2D eigenvalue weighted by Crippen LogP contribution is -2.14. The molecule has 0 aliphatic heterocycles. The molecule has 2 aromatic rings. The summed E-state index contributed by atoms with van der Waals surface area (Å²) in [6.45, 7) is 4.28. The predicted molar refractivity (Wildman–Crippen MR) is 84.7 cm³/mol. The summed E-state index contributed by atoms with van der Waals surface area (Å²) < 4.78 is 5.15. The van der Waals surface area contributed by atoms with Crippen LogP contribution in [0.15, 0.2) is 72.2 Å². The summed E-state index contributed by atoms with van der Waals surface area (Å²) >= 11 is 0. The number of nitrogens with zero attached hydrogens (tertiary/aromatic N) is 1. The largest absolute Gasteiger partial charge is 0.497 e. The Bertz CT molecular complexity index is 574. The average molecular weight is 266 g/mol. The fraction of sp³-hybridized carbons (Fsp3) is 0.118. The van der Waals surface area contributed by atoms with E-state index in [-0.39, 0.29) is 0 Å². The van der Waals surface area contributed by atoms with Crippen molar-refractivity contribution in [2.24, 2.45) is 4.99 Å². The van der Waals surface area contributed by atoms with Crippen molar-refractivity contribution in [1.29, 1.82) is 0 Å². The Balaban J connectivity index is 2.21. The molecular formula is C17H18N2O. The van der Waals surface area contributed by atoms with Crippen LogP contribution in [0.5, 0.6) is 5.75 Å². The number of rotatable bonds is 5. The molecule has 0 aromatic heterocycles. The minimum atomic E-state index is 0.577. The summed E-state index contributed by atoms with van der Waals surface area (Å²) in [5, 5.41) is 3.33. The number of amidine groups is 1. The van der Waals surface area contributed by atoms with E-state index in [1.165, 1.54) is 0 Å². The Hall–Kier alpha value is -2.55. The Morgan fingerprint density at radius 2 is 1.85 bits per heavy atom. The highest BCUT2D eigenvalue weighted by Crippen LogP contribution is 2.16. The van der Waals surface area contributed by atoms with Crippen molar-refractivity contribution in [3.05, 3.63) is 72.8 Å². The molecule has 0 atom stereocenters. The van der Waals surface area contributed by atoms with Crippen molar-refractivity contribution in [3.8, 4) is 5.75 Å². The Labute approximate surface area is 119 Å². The highest BCUT2D eigenvalue weighted by atomic mass is 16.5. The van der Waals surface area contributed by atoms with E-state index in [0.717, 1.165) is 22.8 Å². The first-order valence-electron chi connectivity index (χ1n) is 6.45. The molecule has 0 aliphatic carbocycles. The molecule has 2 aromatic carbocycles. The third-order valence-electron chi connectivity index (χ3n) is 2.78. The molecule has 0 radical (unpaired) electrons. The number of methoxy groups -OCH3 is 1. The van der Waals surface area contributed by atoms with Crippen LogP contribution in [0, 0.1) is 0 Å². The number of anilines is 1. The second kappa shape index (κ2) is 7.14. The number of aliphatic imine (C=N–C) groups is 1. The predicted octanol–water partition coefficient (Wildman–Crippen LogP) is 3.74. The van der Waals surface area contributed by atoms with E-state index in [4.69, 9.17) is 4.74 Å². The topological polar surface area (TPSA) is 33.6 Å². The molecule has 3 nitrogen and oxygen atoms in total. The van der Waals surface area contributed by atoms with E-state index in [1.54, 1.807) is 13.2 Å². The molecule has 2 rings (SSSR count). The third-order valence-corrected chi connectivity index (χ3v) is 2.78. The van der Waals surface area contributed by atoms with Gasteiger partial charge in [0.1, 0.15) is 11.6 Å². The van der Waals surface area contributed by atoms with Crippen molar-refractivity contribution in [2.45, 2.75) is 0 Å². The van der Waals surface area contributed by atoms with E-state index < -0.39 is 0 Å². The molecule has 20 heavy (non-hydrogen) atoms. The van der Waals surface area contributed by atoms with Crippen LogP contribution in [0.4, 0.5) is 5.69 Å². The second-order valence-electron chi connectivity index (χ2n) is 4.20. The van der Waals surface area contributed by atoms with Crippen LogP contribution in [0.25, 0.3) is 0 Å². The van der Waals surface area contributed by atoms with E-state index in [0.29, 0.717) is 6.54 Å². The first kappa shape index (κ1) is 13.9. The van der Waals surface area contributed by atoms with E-state index in [2.05, 4.69) is 16.9 Å². The van der Waals surface area contributed by atoms with E-state index in [9.17, 15) is 0 Å². The molecular weight excluding hydrogens is 248 g/mol. The van der Waals surface area contributed by atoms with Crippen molar-refractivity contribution in [2.75, 3.05) is 19.0 Å². The number of ether oxygens (including phenoxy) is 1. The third kappa shape index (κ3) is 3.72. The van der Waals surface area contributed by atoms with Gasteiger partial charge in [-0.15, -0.1) is 6.58 Å². The summed E-state index contributed by atoms with van der Waals surface area (Å²) in [6, 6.07) is 17.8. The van der Waals surface area contributed by atoms with Crippen molar-refractivity contribution < 1.29 is 4.74 Å². The molecule has 0 saturated heterocycles. The van der Waals surface area contributed by atoms with Gasteiger partial charge in [-0.25, -0.2) is 0 Å². The van der Waals surface area contributed by atoms with Gasteiger partial charge in [0.2, 0.25) is 0 Å². The average Bonchev–Trinajstić information content (AvgIpc) is 2.53. The Morgan fingerprint density at radius 3 is 2.45 bits per heavy atom. The minimum absolute atomic E-state index is 0.577. The van der Waals surface area contributed by atoms with Crippen LogP contribution in [-0.4, -0.2) is 19.5 Å². The van der Waals surface area contributed by atoms with E-state index in [1.807, 2.05) is 54.6 Å². The number of hydrogen-bond donors (Lipinski definition) is 1. The molecule has 0 unspecified atom stereocenters. The van der Waals surface area contributed by atoms with Gasteiger partial charge in [0.15, 0.2) is 0 Å². The Kier molecular flexibility index (Phi) is 4.95. The van der Waals surface area contributed by atoms with Gasteiger partial charge in [0.25, 0.3) is 0 Å². The van der Waals surface area contributed by atoms with Gasteiger partial charge in [-0.2, -0.15) is 0 Å². The van der Waals surface area contributed by atoms with Gasteiger partial charge in [0, 0.05) is 11.3 Å². The summed E-state index contributed by atoms with van der Waals surface area (Å²) in [5.41, 5.74) is 2.02. The van der Waals surface area contributed by atoms with Crippen molar-refractivity contribution in [3.63, 3.8) is 0 Å². The van der Waals surface area contributed by atoms with Crippen molar-refractivity contribution in [1.82, 2.24) is 0 Å². The molecule has 0 saturated carbocycles. The zero-order chi connectivity index (χ0) is 14.2. The normalized spacial score (nSPS) is 10.9. The van der Waals surface area contributed by atoms with Gasteiger partial charge in [0.05, 0.1) is 13.7 Å². The zero-order valence-corrected chi connectivity index (χ0v) is 11.5. The molecule has 0 heterocycles. The molecule has 102 valence electrons. The van der Waals surface area contributed by atoms with Gasteiger partial charge in [-0.05, 0) is 24.3 Å². The maximum atomic E-state index is 5.15. The SMILES string of the molecule is C=CCN=C(Nc1ccc(OC)cc1)c1ccccc1. The smallest absolute Gasteiger partial charge is 0.133 e. The quantitative estimate of drug-likeness (QED) is 0.508. The summed E-state index contributed by atoms with van der Waals surface area (Å²) in [4.78, 5) is 4.51. The van der Waals surface area contributed by atoms with Gasteiger partial charge < -0.3 is 10.1 Å². The molecule has 0 spiro atoms. The fourth-order valence-electron chi connectivity index (χ4n) is 1.77. The molecule has 1 N–H and O–H groups in total. The molecule has 0 aliphatic rings. The maximum absolute atomic E-state index is 5.15. The number of nitrogens with one attached hydrogen (secondary N) is 1. The van der Waals surface area contributed by atoms with Crippen LogP contribution in [-0.2, 0) is 0 Å². The lowest BCUT2D eigenvalue weighted by molar-refractivity contribution is 0.415.